The summed E-state index contributed by atoms with van der Waals surface area (Å²) in [6.07, 6.45) is 3.38. The number of carbonyl (C=O) groups excluding carboxylic acids is 1. The Morgan fingerprint density at radius 3 is 2.42 bits per heavy atom. The van der Waals surface area contributed by atoms with Crippen LogP contribution in [0.5, 0.6) is 5.75 Å². The molecule has 8 nitrogen and oxygen atoms in total. The second-order valence-electron chi connectivity index (χ2n) is 8.12. The van der Waals surface area contributed by atoms with Crippen LogP contribution in [0.2, 0.25) is 5.15 Å². The van der Waals surface area contributed by atoms with Gasteiger partial charge >= 0.3 is 0 Å². The number of nitrogen functional groups attached to an aromatic ring is 2. The van der Waals surface area contributed by atoms with E-state index in [9.17, 15) is 4.79 Å². The lowest BCUT2D eigenvalue weighted by molar-refractivity contribution is 0.0792. The maximum atomic E-state index is 13.1. The highest BCUT2D eigenvalue weighted by molar-refractivity contribution is 6.31. The van der Waals surface area contributed by atoms with Gasteiger partial charge in [0.1, 0.15) is 5.75 Å². The molecule has 1 amide bonds. The van der Waals surface area contributed by atoms with Crippen molar-refractivity contribution in [2.24, 2.45) is 0 Å². The zero-order chi connectivity index (χ0) is 23.2. The van der Waals surface area contributed by atoms with E-state index in [1.165, 1.54) is 5.56 Å². The lowest BCUT2D eigenvalue weighted by atomic mass is 9.83. The number of carbonyl (C=O) groups is 1. The summed E-state index contributed by atoms with van der Waals surface area (Å²) in [5.41, 5.74) is 12.2. The maximum Gasteiger partial charge on any atom is 0.274 e. The van der Waals surface area contributed by atoms with Crippen molar-refractivity contribution in [3.63, 3.8) is 0 Å². The van der Waals surface area contributed by atoms with Crippen molar-refractivity contribution in [3.05, 3.63) is 40.7 Å². The first kappa shape index (κ1) is 24.7. The number of nitrogens with zero attached hydrogens (tertiary/aromatic N) is 3. The third kappa shape index (κ3) is 6.21. The van der Waals surface area contributed by atoms with Crippen molar-refractivity contribution in [1.82, 2.24) is 20.2 Å². The molecule has 1 unspecified atom stereocenters. The van der Waals surface area contributed by atoms with E-state index >= 15 is 0 Å². The van der Waals surface area contributed by atoms with E-state index in [1.54, 1.807) is 7.11 Å². The van der Waals surface area contributed by atoms with Gasteiger partial charge in [-0.3, -0.25) is 4.79 Å². The van der Waals surface area contributed by atoms with Crippen LogP contribution in [0, 0.1) is 0 Å². The highest BCUT2D eigenvalue weighted by atomic mass is 35.5. The number of likely N-dealkylation sites (N-methyl/N-ethyl adjacent to an activating group) is 1. The molecular weight excluding hydrogens is 416 g/mol. The van der Waals surface area contributed by atoms with Gasteiger partial charge in [0.15, 0.2) is 22.5 Å². The van der Waals surface area contributed by atoms with E-state index in [2.05, 4.69) is 46.2 Å². The number of ether oxygens (including phenoxy) is 1. The molecule has 170 valence electrons. The van der Waals surface area contributed by atoms with Crippen molar-refractivity contribution < 1.29 is 9.53 Å². The minimum absolute atomic E-state index is 0.00213. The lowest BCUT2D eigenvalue weighted by Crippen LogP contribution is -2.59. The Hall–Kier alpha value is -2.58. The van der Waals surface area contributed by atoms with Crippen molar-refractivity contribution >= 4 is 29.1 Å². The number of hydrogen-bond acceptors (Lipinski definition) is 7. The van der Waals surface area contributed by atoms with Crippen molar-refractivity contribution in [3.8, 4) is 5.75 Å². The number of nitrogens with one attached hydrogen (secondary N) is 1. The maximum absolute atomic E-state index is 13.1. The van der Waals surface area contributed by atoms with Gasteiger partial charge in [0.25, 0.3) is 5.91 Å². The topological polar surface area (TPSA) is 119 Å². The Balaban J connectivity index is 2.24. The van der Waals surface area contributed by atoms with Gasteiger partial charge in [-0.2, -0.15) is 0 Å². The minimum atomic E-state index is -0.524. The van der Waals surface area contributed by atoms with Crippen LogP contribution < -0.4 is 21.5 Å². The summed E-state index contributed by atoms with van der Waals surface area (Å²) in [6, 6.07) is 8.11. The summed E-state index contributed by atoms with van der Waals surface area (Å²) in [5, 5.41) is 3.11. The van der Waals surface area contributed by atoms with Crippen LogP contribution >= 0.6 is 11.6 Å². The minimum Gasteiger partial charge on any atom is -0.497 e. The molecule has 9 heteroatoms. The zero-order valence-corrected chi connectivity index (χ0v) is 19.7. The number of methoxy groups -OCH3 is 1. The lowest BCUT2D eigenvalue weighted by Gasteiger charge is -2.42. The van der Waals surface area contributed by atoms with Gasteiger partial charge in [-0.05, 0) is 58.0 Å². The number of aryl methyl sites for hydroxylation is 1. The molecule has 0 bridgehead atoms. The molecule has 1 heterocycles. The fourth-order valence-electron chi connectivity index (χ4n) is 4.00. The molecule has 0 radical (unpaired) electrons. The number of aromatic nitrogens is 2. The molecule has 2 atom stereocenters. The monoisotopic (exact) mass is 448 g/mol. The molecule has 31 heavy (non-hydrogen) atoms. The van der Waals surface area contributed by atoms with E-state index in [1.807, 2.05) is 26.2 Å². The van der Waals surface area contributed by atoms with Crippen LogP contribution in [-0.4, -0.2) is 53.6 Å². The van der Waals surface area contributed by atoms with E-state index in [4.69, 9.17) is 27.8 Å². The van der Waals surface area contributed by atoms with Crippen molar-refractivity contribution in [2.75, 3.05) is 32.7 Å². The highest BCUT2D eigenvalue weighted by Crippen LogP contribution is 2.27. The molecule has 5 N–H and O–H groups in total. The zero-order valence-electron chi connectivity index (χ0n) is 18.9. The molecule has 0 saturated carbocycles. The van der Waals surface area contributed by atoms with Crippen molar-refractivity contribution in [1.29, 1.82) is 0 Å². The molecule has 0 fully saturated rings. The van der Waals surface area contributed by atoms with Gasteiger partial charge in [-0.15, -0.1) is 0 Å². The highest BCUT2D eigenvalue weighted by Gasteiger charge is 2.37. The fraction of sp³-hybridized carbons (Fsp3) is 0.500. The summed E-state index contributed by atoms with van der Waals surface area (Å²) in [6.45, 7) is 4.14. The number of benzene rings is 1. The molecule has 0 spiro atoms. The Morgan fingerprint density at radius 1 is 1.23 bits per heavy atom. The molecule has 2 rings (SSSR count). The normalized spacial score (nSPS) is 14.2. The molecule has 0 saturated heterocycles. The molecule has 2 aromatic rings. The summed E-state index contributed by atoms with van der Waals surface area (Å²) in [4.78, 5) is 23.2. The Bertz CT molecular complexity index is 890. The number of amides is 1. The first-order chi connectivity index (χ1) is 14.6. The fourth-order valence-corrected chi connectivity index (χ4v) is 4.13. The predicted molar refractivity (Wildman–Crippen MR) is 125 cm³/mol. The third-order valence-corrected chi connectivity index (χ3v) is 5.79. The average molecular weight is 449 g/mol. The molecule has 1 aromatic carbocycles. The number of nitrogens with two attached hydrogens (primary N) is 2. The second kappa shape index (κ2) is 10.6. The van der Waals surface area contributed by atoms with E-state index < -0.39 is 11.4 Å². The van der Waals surface area contributed by atoms with Crippen LogP contribution in [0.4, 0.5) is 11.6 Å². The molecular formula is C22H33ClN6O2. The standard InChI is InChI=1S/C22H33ClN6O2/c1-6-13-22(2,28-21(30)17-19(24)27-20(25)18(23)26-17)16(29(3)4)12-9-14-7-10-15(31-5)11-8-14/h7-8,10-11,16H,6,9,12-13H2,1-5H3,(H,28,30)(H4,24,25,27)/t16-,22?/m0/s1. The first-order valence-electron chi connectivity index (χ1n) is 10.3. The van der Waals surface area contributed by atoms with Crippen LogP contribution in [0.3, 0.4) is 0 Å². The van der Waals surface area contributed by atoms with Gasteiger partial charge in [-0.25, -0.2) is 9.97 Å². The SMILES string of the molecule is CCCC(C)(NC(=O)c1nc(Cl)c(N)nc1N)[C@H](CCc1ccc(OC)cc1)N(C)C. The van der Waals surface area contributed by atoms with Crippen LogP contribution in [0.25, 0.3) is 0 Å². The summed E-state index contributed by atoms with van der Waals surface area (Å²) in [7, 11) is 5.70. The van der Waals surface area contributed by atoms with Crippen molar-refractivity contribution in [2.45, 2.75) is 51.1 Å². The van der Waals surface area contributed by atoms with E-state index in [-0.39, 0.29) is 28.5 Å². The molecule has 0 aliphatic rings. The smallest absolute Gasteiger partial charge is 0.274 e. The van der Waals surface area contributed by atoms with Gasteiger partial charge in [0.05, 0.1) is 12.6 Å². The van der Waals surface area contributed by atoms with E-state index in [0.29, 0.717) is 0 Å². The van der Waals surface area contributed by atoms with Gasteiger partial charge < -0.3 is 26.4 Å². The van der Waals surface area contributed by atoms with Crippen LogP contribution in [-0.2, 0) is 6.42 Å². The predicted octanol–water partition coefficient (Wildman–Crippen LogP) is 3.15. The molecule has 1 aromatic heterocycles. The second-order valence-corrected chi connectivity index (χ2v) is 8.48. The number of hydrogen-bond donors (Lipinski definition) is 3. The Labute approximate surface area is 189 Å². The van der Waals surface area contributed by atoms with Gasteiger partial charge in [0, 0.05) is 6.04 Å². The number of anilines is 2. The summed E-state index contributed by atoms with van der Waals surface area (Å²) < 4.78 is 5.24. The summed E-state index contributed by atoms with van der Waals surface area (Å²) in [5.74, 6) is 0.367. The Kier molecular flexibility index (Phi) is 8.47. The average Bonchev–Trinajstić information content (AvgIpc) is 2.71. The Morgan fingerprint density at radius 2 is 1.87 bits per heavy atom. The third-order valence-electron chi connectivity index (χ3n) is 5.51. The largest absolute Gasteiger partial charge is 0.497 e. The number of rotatable bonds is 10. The van der Waals surface area contributed by atoms with Gasteiger partial charge in [-0.1, -0.05) is 37.1 Å². The van der Waals surface area contributed by atoms with Crippen LogP contribution in [0.1, 0.15) is 49.2 Å². The van der Waals surface area contributed by atoms with E-state index in [0.717, 1.165) is 31.4 Å². The summed E-state index contributed by atoms with van der Waals surface area (Å²) >= 11 is 5.96. The quantitative estimate of drug-likeness (QED) is 0.510. The first-order valence-corrected chi connectivity index (χ1v) is 10.7. The van der Waals surface area contributed by atoms with Crippen LogP contribution in [0.15, 0.2) is 24.3 Å². The number of halogens is 1. The molecule has 0 aliphatic carbocycles. The molecule has 0 aliphatic heterocycles. The van der Waals surface area contributed by atoms with Gasteiger partial charge in [0.2, 0.25) is 0 Å².